The van der Waals surface area contributed by atoms with Gasteiger partial charge in [-0.15, -0.1) is 0 Å². The molecule has 1 heterocycles. The molecule has 0 fully saturated rings. The Balaban J connectivity index is 1.14. The van der Waals surface area contributed by atoms with Crippen LogP contribution in [0.5, 0.6) is 0 Å². The van der Waals surface area contributed by atoms with Gasteiger partial charge in [0.25, 0.3) is 0 Å². The molecule has 0 spiro atoms. The van der Waals surface area contributed by atoms with Crippen molar-refractivity contribution in [3.63, 3.8) is 0 Å². The molecule has 0 aliphatic heterocycles. The molecule has 0 saturated carbocycles. The van der Waals surface area contributed by atoms with E-state index in [1.54, 1.807) is 0 Å². The van der Waals surface area contributed by atoms with E-state index in [9.17, 15) is 0 Å². The Morgan fingerprint density at radius 3 is 1.56 bits per heavy atom. The van der Waals surface area contributed by atoms with Crippen LogP contribution < -0.4 is 4.90 Å². The van der Waals surface area contributed by atoms with Crippen molar-refractivity contribution in [2.24, 2.45) is 0 Å². The van der Waals surface area contributed by atoms with Crippen molar-refractivity contribution in [3.8, 4) is 27.9 Å². The third-order valence-corrected chi connectivity index (χ3v) is 9.37. The van der Waals surface area contributed by atoms with Gasteiger partial charge >= 0.3 is 0 Å². The molecule has 0 amide bonds. The van der Waals surface area contributed by atoms with Crippen LogP contribution in [0.15, 0.2) is 194 Å². The number of aromatic nitrogens is 1. The van der Waals surface area contributed by atoms with Crippen molar-refractivity contribution in [2.75, 3.05) is 4.90 Å². The van der Waals surface area contributed by atoms with E-state index in [1.165, 1.54) is 60.5 Å². The first kappa shape index (κ1) is 27.9. The number of para-hydroxylation sites is 2. The summed E-state index contributed by atoms with van der Waals surface area (Å²) in [5, 5.41) is 4.98. The van der Waals surface area contributed by atoms with Crippen LogP contribution in [-0.4, -0.2) is 4.57 Å². The molecule has 9 rings (SSSR count). The van der Waals surface area contributed by atoms with E-state index in [4.69, 9.17) is 0 Å². The van der Waals surface area contributed by atoms with E-state index in [-0.39, 0.29) is 0 Å². The predicted octanol–water partition coefficient (Wildman–Crippen LogP) is 12.7. The lowest BCUT2D eigenvalue weighted by atomic mass is 10.0. The molecule has 48 heavy (non-hydrogen) atoms. The highest BCUT2D eigenvalue weighted by Crippen LogP contribution is 2.39. The van der Waals surface area contributed by atoms with Crippen molar-refractivity contribution >= 4 is 49.6 Å². The van der Waals surface area contributed by atoms with E-state index in [1.807, 2.05) is 0 Å². The minimum absolute atomic E-state index is 1.11. The second-order valence-corrected chi connectivity index (χ2v) is 12.2. The van der Waals surface area contributed by atoms with Crippen molar-refractivity contribution in [1.82, 2.24) is 4.57 Å². The fourth-order valence-corrected chi connectivity index (χ4v) is 7.00. The molecule has 0 bridgehead atoms. The molecule has 1 aromatic heterocycles. The molecule has 0 atom stereocenters. The molecular formula is C46H32N2. The summed E-state index contributed by atoms with van der Waals surface area (Å²) in [7, 11) is 0. The number of benzene rings is 8. The Labute approximate surface area is 280 Å². The monoisotopic (exact) mass is 612 g/mol. The van der Waals surface area contributed by atoms with Crippen LogP contribution in [0.25, 0.3) is 60.5 Å². The van der Waals surface area contributed by atoms with Crippen molar-refractivity contribution in [2.45, 2.75) is 0 Å². The van der Waals surface area contributed by atoms with Gasteiger partial charge in [0.15, 0.2) is 0 Å². The third kappa shape index (κ3) is 4.92. The Hall–Kier alpha value is -6.38. The Bertz CT molecular complexity index is 2530. The summed E-state index contributed by atoms with van der Waals surface area (Å²) in [4.78, 5) is 2.35. The summed E-state index contributed by atoms with van der Waals surface area (Å²) in [5.74, 6) is 0. The third-order valence-electron chi connectivity index (χ3n) is 9.37. The number of hydrogen-bond donors (Lipinski definition) is 0. The van der Waals surface area contributed by atoms with Crippen LogP contribution in [0.2, 0.25) is 0 Å². The van der Waals surface area contributed by atoms with E-state index in [0.29, 0.717) is 0 Å². The molecule has 0 unspecified atom stereocenters. The van der Waals surface area contributed by atoms with Crippen LogP contribution >= 0.6 is 0 Å². The maximum absolute atomic E-state index is 2.38. The standard InChI is InChI=1S/C46H32N2/c1-3-11-33(12-4-1)35-19-25-40(26-20-35)47(42-29-23-34-13-7-8-14-37(34)31-42)41-27-21-36(22-28-41)38-24-30-44-43-17-9-10-18-45(43)48(46(44)32-38)39-15-5-2-6-16-39/h1-32H. The molecule has 2 nitrogen and oxygen atoms in total. The second kappa shape index (κ2) is 11.8. The number of hydrogen-bond acceptors (Lipinski definition) is 1. The summed E-state index contributed by atoms with van der Waals surface area (Å²) >= 11 is 0. The molecule has 0 aliphatic rings. The van der Waals surface area contributed by atoms with Gasteiger partial charge in [0.2, 0.25) is 0 Å². The largest absolute Gasteiger partial charge is 0.310 e. The highest BCUT2D eigenvalue weighted by Gasteiger charge is 2.16. The summed E-state index contributed by atoms with van der Waals surface area (Å²) < 4.78 is 2.38. The summed E-state index contributed by atoms with van der Waals surface area (Å²) in [5.41, 5.74) is 11.7. The molecule has 226 valence electrons. The van der Waals surface area contributed by atoms with Crippen molar-refractivity contribution < 1.29 is 0 Å². The van der Waals surface area contributed by atoms with Gasteiger partial charge < -0.3 is 9.47 Å². The summed E-state index contributed by atoms with van der Waals surface area (Å²) in [6, 6.07) is 69.9. The highest BCUT2D eigenvalue weighted by molar-refractivity contribution is 6.10. The Morgan fingerprint density at radius 1 is 0.312 bits per heavy atom. The Morgan fingerprint density at radius 2 is 0.833 bits per heavy atom. The minimum atomic E-state index is 1.11. The van der Waals surface area contributed by atoms with Gasteiger partial charge in [-0.25, -0.2) is 0 Å². The molecule has 0 saturated heterocycles. The van der Waals surface area contributed by atoms with Crippen LogP contribution in [0, 0.1) is 0 Å². The maximum atomic E-state index is 2.38. The number of anilines is 3. The fraction of sp³-hybridized carbons (Fsp3) is 0. The van der Waals surface area contributed by atoms with Crippen molar-refractivity contribution in [3.05, 3.63) is 194 Å². The van der Waals surface area contributed by atoms with E-state index >= 15 is 0 Å². The average molecular weight is 613 g/mol. The maximum Gasteiger partial charge on any atom is 0.0547 e. The van der Waals surface area contributed by atoms with E-state index in [2.05, 4.69) is 204 Å². The van der Waals surface area contributed by atoms with Gasteiger partial charge in [0, 0.05) is 33.5 Å². The van der Waals surface area contributed by atoms with Gasteiger partial charge in [0.05, 0.1) is 11.0 Å². The van der Waals surface area contributed by atoms with Gasteiger partial charge in [0.1, 0.15) is 0 Å². The van der Waals surface area contributed by atoms with Crippen LogP contribution in [0.4, 0.5) is 17.1 Å². The summed E-state index contributed by atoms with van der Waals surface area (Å²) in [6.45, 7) is 0. The Kier molecular flexibility index (Phi) is 6.84. The van der Waals surface area contributed by atoms with Gasteiger partial charge in [-0.2, -0.15) is 0 Å². The van der Waals surface area contributed by atoms with Crippen LogP contribution in [0.3, 0.4) is 0 Å². The molecule has 0 N–H and O–H groups in total. The fourth-order valence-electron chi connectivity index (χ4n) is 7.00. The molecule has 2 heteroatoms. The van der Waals surface area contributed by atoms with Gasteiger partial charge in [-0.05, 0) is 93.7 Å². The number of nitrogens with zero attached hydrogens (tertiary/aromatic N) is 2. The van der Waals surface area contributed by atoms with Gasteiger partial charge in [-0.3, -0.25) is 0 Å². The van der Waals surface area contributed by atoms with E-state index < -0.39 is 0 Å². The molecule has 0 aliphatic carbocycles. The first-order valence-corrected chi connectivity index (χ1v) is 16.4. The van der Waals surface area contributed by atoms with E-state index in [0.717, 1.165) is 17.1 Å². The van der Waals surface area contributed by atoms with Crippen LogP contribution in [0.1, 0.15) is 0 Å². The minimum Gasteiger partial charge on any atom is -0.310 e. The highest BCUT2D eigenvalue weighted by atomic mass is 15.1. The lowest BCUT2D eigenvalue weighted by Crippen LogP contribution is -2.09. The zero-order valence-electron chi connectivity index (χ0n) is 26.4. The lowest BCUT2D eigenvalue weighted by Gasteiger charge is -2.26. The zero-order valence-corrected chi connectivity index (χ0v) is 26.4. The molecule has 0 radical (unpaired) electrons. The number of rotatable bonds is 6. The first-order chi connectivity index (χ1) is 23.8. The quantitative estimate of drug-likeness (QED) is 0.181. The topological polar surface area (TPSA) is 8.17 Å². The predicted molar refractivity (Wildman–Crippen MR) is 204 cm³/mol. The normalized spacial score (nSPS) is 11.3. The van der Waals surface area contributed by atoms with Gasteiger partial charge in [-0.1, -0.05) is 133 Å². The second-order valence-electron chi connectivity index (χ2n) is 12.2. The molecular weight excluding hydrogens is 581 g/mol. The van der Waals surface area contributed by atoms with Crippen LogP contribution in [-0.2, 0) is 0 Å². The molecule has 9 aromatic rings. The first-order valence-electron chi connectivity index (χ1n) is 16.4. The number of fused-ring (bicyclic) bond motifs is 4. The summed E-state index contributed by atoms with van der Waals surface area (Å²) in [6.07, 6.45) is 0. The van der Waals surface area contributed by atoms with Crippen molar-refractivity contribution in [1.29, 1.82) is 0 Å². The zero-order chi connectivity index (χ0) is 31.9. The average Bonchev–Trinajstić information content (AvgIpc) is 3.50. The lowest BCUT2D eigenvalue weighted by molar-refractivity contribution is 1.18. The smallest absolute Gasteiger partial charge is 0.0547 e. The molecule has 8 aromatic carbocycles. The SMILES string of the molecule is c1ccc(-c2ccc(N(c3ccc(-c4ccc5c6ccccc6n(-c6ccccc6)c5c4)cc3)c3ccc4ccccc4c3)cc2)cc1.